The second kappa shape index (κ2) is 7.08. The van der Waals surface area contributed by atoms with Crippen LogP contribution in [0.1, 0.15) is 53.5 Å². The van der Waals surface area contributed by atoms with E-state index < -0.39 is 0 Å². The first kappa shape index (κ1) is 17.5. The summed E-state index contributed by atoms with van der Waals surface area (Å²) >= 11 is 3.78. The number of aromatic nitrogens is 1. The van der Waals surface area contributed by atoms with Gasteiger partial charge in [0.1, 0.15) is 5.01 Å². The molecule has 1 atom stereocenters. The Morgan fingerprint density at radius 1 is 1.11 bits per heavy atom. The first-order chi connectivity index (χ1) is 13.2. The Kier molecular flexibility index (Phi) is 4.58. The second-order valence-corrected chi connectivity index (χ2v) is 9.75. The highest BCUT2D eigenvalue weighted by atomic mass is 32.2. The number of thioether (sulfide) groups is 1. The highest BCUT2D eigenvalue weighted by molar-refractivity contribution is 8.02. The van der Waals surface area contributed by atoms with E-state index in [4.69, 9.17) is 10.7 Å². The van der Waals surface area contributed by atoms with Crippen molar-refractivity contribution >= 4 is 28.7 Å². The molecule has 0 saturated heterocycles. The van der Waals surface area contributed by atoms with Crippen LogP contribution in [0.4, 0.5) is 0 Å². The fourth-order valence-electron chi connectivity index (χ4n) is 4.05. The summed E-state index contributed by atoms with van der Waals surface area (Å²) in [6.07, 6.45) is 14.5. The predicted octanol–water partition coefficient (Wildman–Crippen LogP) is 6.23. The summed E-state index contributed by atoms with van der Waals surface area (Å²) in [5, 5.41) is 3.49. The molecule has 1 aromatic heterocycles. The van der Waals surface area contributed by atoms with E-state index in [1.54, 1.807) is 0 Å². The third-order valence-electron chi connectivity index (χ3n) is 5.94. The lowest BCUT2D eigenvalue weighted by Gasteiger charge is -2.38. The molecule has 2 aromatic rings. The van der Waals surface area contributed by atoms with Crippen molar-refractivity contribution in [3.05, 3.63) is 69.4 Å². The van der Waals surface area contributed by atoms with Crippen LogP contribution in [-0.2, 0) is 5.54 Å². The number of hydrogen-bond donors (Lipinski definition) is 1. The van der Waals surface area contributed by atoms with E-state index in [2.05, 4.69) is 54.0 Å². The van der Waals surface area contributed by atoms with Crippen molar-refractivity contribution in [1.82, 2.24) is 4.98 Å². The smallest absolute Gasteiger partial charge is 0.120 e. The first-order valence-corrected chi connectivity index (χ1v) is 11.6. The minimum Gasteiger partial charge on any atom is -0.321 e. The van der Waals surface area contributed by atoms with Crippen molar-refractivity contribution in [2.24, 2.45) is 5.73 Å². The third kappa shape index (κ3) is 3.24. The molecule has 0 radical (unpaired) electrons. The van der Waals surface area contributed by atoms with E-state index in [9.17, 15) is 0 Å². The van der Waals surface area contributed by atoms with Gasteiger partial charge in [0.25, 0.3) is 0 Å². The van der Waals surface area contributed by atoms with Crippen LogP contribution in [0.3, 0.4) is 0 Å². The van der Waals surface area contributed by atoms with Crippen LogP contribution in [-0.4, -0.2) is 10.7 Å². The fourth-order valence-corrected chi connectivity index (χ4v) is 6.24. The van der Waals surface area contributed by atoms with Gasteiger partial charge in [-0.3, -0.25) is 0 Å². The van der Waals surface area contributed by atoms with Gasteiger partial charge in [-0.25, -0.2) is 4.98 Å². The highest BCUT2D eigenvalue weighted by Gasteiger charge is 2.34. The number of thiazole rings is 1. The fraction of sp³-hybridized carbons (Fsp3) is 0.348. The zero-order valence-electron chi connectivity index (χ0n) is 15.4. The largest absolute Gasteiger partial charge is 0.321 e. The van der Waals surface area contributed by atoms with Gasteiger partial charge in [0.2, 0.25) is 0 Å². The van der Waals surface area contributed by atoms with Crippen molar-refractivity contribution in [1.29, 1.82) is 0 Å². The number of hydrogen-bond acceptors (Lipinski definition) is 4. The molecular weight excluding hydrogens is 368 g/mol. The summed E-state index contributed by atoms with van der Waals surface area (Å²) in [4.78, 5) is 6.50. The number of nitrogens with zero attached hydrogens (tertiary/aromatic N) is 1. The quantitative estimate of drug-likeness (QED) is 0.671. The molecule has 1 unspecified atom stereocenters. The molecule has 1 aromatic carbocycles. The van der Waals surface area contributed by atoms with Gasteiger partial charge in [-0.05, 0) is 48.6 Å². The molecule has 2 N–H and O–H groups in total. The molecule has 1 aliphatic heterocycles. The zero-order valence-corrected chi connectivity index (χ0v) is 17.0. The standard InChI is InChI=1S/C23H24N2S2/c24-23(12-4-13-23)19-9-7-16(8-10-19)20-21(17-5-2-1-3-6-17)27-22(25-20)18-11-14-26-15-18/h1-3,5,7-10,15,17H,4,6,11-14,24H2. The summed E-state index contributed by atoms with van der Waals surface area (Å²) in [6, 6.07) is 8.90. The van der Waals surface area contributed by atoms with Crippen LogP contribution in [0.15, 0.2) is 54.0 Å². The van der Waals surface area contributed by atoms with Crippen LogP contribution in [0.25, 0.3) is 16.8 Å². The lowest BCUT2D eigenvalue weighted by Crippen LogP contribution is -2.43. The maximum absolute atomic E-state index is 6.51. The summed E-state index contributed by atoms with van der Waals surface area (Å²) < 4.78 is 0. The summed E-state index contributed by atoms with van der Waals surface area (Å²) in [5.74, 6) is 1.61. The summed E-state index contributed by atoms with van der Waals surface area (Å²) in [5.41, 5.74) is 11.5. The molecular formula is C23H24N2S2. The first-order valence-electron chi connectivity index (χ1n) is 9.78. The molecule has 5 rings (SSSR count). The van der Waals surface area contributed by atoms with Crippen LogP contribution in [0, 0.1) is 0 Å². The molecule has 1 saturated carbocycles. The number of benzene rings is 1. The van der Waals surface area contributed by atoms with Crippen molar-refractivity contribution in [3.8, 4) is 11.3 Å². The Labute approximate surface area is 169 Å². The average Bonchev–Trinajstić information content (AvgIpc) is 3.37. The van der Waals surface area contributed by atoms with E-state index in [0.717, 1.165) is 31.4 Å². The summed E-state index contributed by atoms with van der Waals surface area (Å²) in [7, 11) is 0. The van der Waals surface area contributed by atoms with E-state index >= 15 is 0 Å². The van der Waals surface area contributed by atoms with Crippen LogP contribution in [0.5, 0.6) is 0 Å². The normalized spacial score (nSPS) is 23.3. The number of rotatable bonds is 4. The molecule has 2 nitrogen and oxygen atoms in total. The van der Waals surface area contributed by atoms with E-state index in [-0.39, 0.29) is 5.54 Å². The average molecular weight is 393 g/mol. The molecule has 2 heterocycles. The number of nitrogens with two attached hydrogens (primary N) is 1. The molecule has 0 spiro atoms. The Morgan fingerprint density at radius 3 is 2.59 bits per heavy atom. The van der Waals surface area contributed by atoms with Gasteiger partial charge < -0.3 is 5.73 Å². The molecule has 1 fully saturated rings. The lowest BCUT2D eigenvalue weighted by molar-refractivity contribution is 0.253. The molecule has 3 aliphatic rings. The van der Waals surface area contributed by atoms with Gasteiger partial charge in [-0.2, -0.15) is 0 Å². The van der Waals surface area contributed by atoms with Crippen LogP contribution in [0.2, 0.25) is 0 Å². The summed E-state index contributed by atoms with van der Waals surface area (Å²) in [6.45, 7) is 0. The molecule has 138 valence electrons. The van der Waals surface area contributed by atoms with Crippen molar-refractivity contribution < 1.29 is 0 Å². The van der Waals surface area contributed by atoms with Crippen LogP contribution < -0.4 is 5.73 Å². The van der Waals surface area contributed by atoms with Crippen molar-refractivity contribution in [2.75, 3.05) is 5.75 Å². The Hall–Kier alpha value is -1.62. The number of allylic oxidation sites excluding steroid dienone is 5. The lowest BCUT2D eigenvalue weighted by atomic mass is 9.72. The monoisotopic (exact) mass is 392 g/mol. The SMILES string of the molecule is NC1(c2ccc(-c3nc(C4=CSCC4)sc3C3C=CC=CC3)cc2)CCC1. The Balaban J connectivity index is 1.53. The molecule has 0 amide bonds. The maximum Gasteiger partial charge on any atom is 0.120 e. The molecule has 27 heavy (non-hydrogen) atoms. The van der Waals surface area contributed by atoms with Gasteiger partial charge in [-0.15, -0.1) is 23.1 Å². The molecule has 2 aliphatic carbocycles. The van der Waals surface area contributed by atoms with Crippen molar-refractivity contribution in [3.63, 3.8) is 0 Å². The third-order valence-corrected chi connectivity index (χ3v) is 8.09. The topological polar surface area (TPSA) is 38.9 Å². The van der Waals surface area contributed by atoms with E-state index in [1.807, 2.05) is 23.1 Å². The predicted molar refractivity (Wildman–Crippen MR) is 118 cm³/mol. The second-order valence-electron chi connectivity index (χ2n) is 7.74. The minimum absolute atomic E-state index is 0.0998. The van der Waals surface area contributed by atoms with Gasteiger partial charge in [-0.1, -0.05) is 48.6 Å². The molecule has 0 bridgehead atoms. The Morgan fingerprint density at radius 2 is 1.96 bits per heavy atom. The maximum atomic E-state index is 6.51. The van der Waals surface area contributed by atoms with Gasteiger partial charge >= 0.3 is 0 Å². The van der Waals surface area contributed by atoms with E-state index in [1.165, 1.54) is 38.8 Å². The van der Waals surface area contributed by atoms with Gasteiger partial charge in [0.05, 0.1) is 5.69 Å². The van der Waals surface area contributed by atoms with E-state index in [0.29, 0.717) is 5.92 Å². The minimum atomic E-state index is -0.0998. The van der Waals surface area contributed by atoms with Gasteiger partial charge in [0.15, 0.2) is 0 Å². The van der Waals surface area contributed by atoms with Crippen molar-refractivity contribution in [2.45, 2.75) is 43.6 Å². The van der Waals surface area contributed by atoms with Gasteiger partial charge in [0, 0.05) is 27.7 Å². The Bertz CT molecular complexity index is 930. The highest BCUT2D eigenvalue weighted by Crippen LogP contribution is 2.43. The van der Waals surface area contributed by atoms with Crippen LogP contribution >= 0.6 is 23.1 Å². The molecule has 4 heteroatoms. The zero-order chi connectivity index (χ0) is 18.3.